The van der Waals surface area contributed by atoms with Gasteiger partial charge in [0.2, 0.25) is 0 Å². The lowest BCUT2D eigenvalue weighted by molar-refractivity contribution is 0.656. The molecular formula is C56H46N2. The molecule has 0 unspecified atom stereocenters. The van der Waals surface area contributed by atoms with Crippen molar-refractivity contribution >= 4 is 55.7 Å². The average Bonchev–Trinajstić information content (AvgIpc) is 3.50. The summed E-state index contributed by atoms with van der Waals surface area (Å²) in [5, 5.41) is 4.85. The van der Waals surface area contributed by atoms with E-state index in [0.717, 1.165) is 28.4 Å². The van der Waals surface area contributed by atoms with Crippen molar-refractivity contribution in [1.82, 2.24) is 0 Å². The van der Waals surface area contributed by atoms with E-state index < -0.39 is 0 Å². The Hall–Kier alpha value is -6.90. The molecule has 2 heteroatoms. The van der Waals surface area contributed by atoms with E-state index >= 15 is 0 Å². The number of rotatable bonds is 7. The molecule has 0 saturated heterocycles. The molecular weight excluding hydrogens is 701 g/mol. The van der Waals surface area contributed by atoms with Crippen LogP contribution in [-0.2, 0) is 5.41 Å². The minimum atomic E-state index is -0.143. The summed E-state index contributed by atoms with van der Waals surface area (Å²) in [6, 6.07) is 69.4. The number of hydrogen-bond donors (Lipinski definition) is 0. The number of nitrogens with zero attached hydrogens (tertiary/aromatic N) is 2. The Kier molecular flexibility index (Phi) is 8.53. The fraction of sp³-hybridized carbons (Fsp3) is 0.107. The maximum Gasteiger partial charge on any atom is 0.0547 e. The van der Waals surface area contributed by atoms with Crippen molar-refractivity contribution in [1.29, 1.82) is 0 Å². The van der Waals surface area contributed by atoms with Crippen molar-refractivity contribution in [2.75, 3.05) is 9.80 Å². The van der Waals surface area contributed by atoms with Crippen LogP contribution < -0.4 is 9.80 Å². The molecule has 10 rings (SSSR count). The second kappa shape index (κ2) is 13.9. The van der Waals surface area contributed by atoms with Crippen LogP contribution in [0.2, 0.25) is 0 Å². The van der Waals surface area contributed by atoms with Crippen molar-refractivity contribution in [2.45, 2.75) is 40.0 Å². The van der Waals surface area contributed by atoms with Gasteiger partial charge in [0, 0.05) is 38.9 Å². The van der Waals surface area contributed by atoms with Crippen LogP contribution in [0.15, 0.2) is 188 Å². The van der Waals surface area contributed by atoms with Crippen molar-refractivity contribution in [3.63, 3.8) is 0 Å². The van der Waals surface area contributed by atoms with Gasteiger partial charge in [0.15, 0.2) is 0 Å². The third kappa shape index (κ3) is 5.79. The Labute approximate surface area is 342 Å². The lowest BCUT2D eigenvalue weighted by atomic mass is 9.80. The highest BCUT2D eigenvalue weighted by molar-refractivity contribution is 6.19. The van der Waals surface area contributed by atoms with E-state index in [1.165, 1.54) is 77.3 Å². The summed E-state index contributed by atoms with van der Waals surface area (Å²) in [7, 11) is 0. The number of aryl methyl sites for hydroxylation is 2. The van der Waals surface area contributed by atoms with Crippen LogP contribution in [0.5, 0.6) is 0 Å². The zero-order valence-corrected chi connectivity index (χ0v) is 33.8. The van der Waals surface area contributed by atoms with Crippen LogP contribution in [0, 0.1) is 20.8 Å². The van der Waals surface area contributed by atoms with Crippen LogP contribution in [-0.4, -0.2) is 0 Å². The Morgan fingerprint density at radius 2 is 0.931 bits per heavy atom. The predicted molar refractivity (Wildman–Crippen MR) is 248 cm³/mol. The fourth-order valence-corrected chi connectivity index (χ4v) is 9.50. The minimum absolute atomic E-state index is 0.143. The molecule has 2 nitrogen and oxygen atoms in total. The van der Waals surface area contributed by atoms with Gasteiger partial charge < -0.3 is 9.80 Å². The fourth-order valence-electron chi connectivity index (χ4n) is 9.50. The summed E-state index contributed by atoms with van der Waals surface area (Å²) in [5.74, 6) is 0. The average molecular weight is 747 g/mol. The maximum atomic E-state index is 2.52. The summed E-state index contributed by atoms with van der Waals surface area (Å²) in [5.41, 5.74) is 18.3. The van der Waals surface area contributed by atoms with Crippen molar-refractivity contribution in [3.05, 3.63) is 216 Å². The normalized spacial score (nSPS) is 12.7. The Morgan fingerprint density at radius 1 is 0.379 bits per heavy atom. The molecule has 0 spiro atoms. The predicted octanol–water partition coefficient (Wildman–Crippen LogP) is 15.8. The van der Waals surface area contributed by atoms with E-state index in [0.29, 0.717) is 0 Å². The first kappa shape index (κ1) is 35.5. The Balaban J connectivity index is 1.26. The Morgan fingerprint density at radius 3 is 1.64 bits per heavy atom. The molecule has 0 heterocycles. The van der Waals surface area contributed by atoms with Crippen LogP contribution in [0.1, 0.15) is 41.7 Å². The molecule has 0 radical (unpaired) electrons. The second-order valence-corrected chi connectivity index (χ2v) is 16.4. The van der Waals surface area contributed by atoms with Gasteiger partial charge in [-0.05, 0) is 125 Å². The summed E-state index contributed by atoms with van der Waals surface area (Å²) in [6.45, 7) is 11.4. The minimum Gasteiger partial charge on any atom is -0.310 e. The number of hydrogen-bond acceptors (Lipinski definition) is 2. The number of anilines is 6. The lowest BCUT2D eigenvalue weighted by Crippen LogP contribution is -2.19. The zero-order valence-electron chi connectivity index (χ0n) is 33.8. The van der Waals surface area contributed by atoms with Crippen LogP contribution in [0.25, 0.3) is 43.8 Å². The first-order chi connectivity index (χ1) is 28.3. The second-order valence-electron chi connectivity index (χ2n) is 16.4. The largest absolute Gasteiger partial charge is 0.310 e. The van der Waals surface area contributed by atoms with Gasteiger partial charge >= 0.3 is 0 Å². The van der Waals surface area contributed by atoms with Crippen LogP contribution in [0.4, 0.5) is 34.1 Å². The van der Waals surface area contributed by atoms with Crippen LogP contribution in [0.3, 0.4) is 0 Å². The molecule has 0 fully saturated rings. The Bertz CT molecular complexity index is 2930. The third-order valence-electron chi connectivity index (χ3n) is 12.4. The summed E-state index contributed by atoms with van der Waals surface area (Å²) < 4.78 is 0. The molecule has 1 aliphatic carbocycles. The molecule has 1 aliphatic rings. The van der Waals surface area contributed by atoms with Gasteiger partial charge in [0.25, 0.3) is 0 Å². The van der Waals surface area contributed by atoms with Gasteiger partial charge in [0.05, 0.1) is 11.4 Å². The molecule has 0 aromatic heterocycles. The van der Waals surface area contributed by atoms with E-state index in [4.69, 9.17) is 0 Å². The monoisotopic (exact) mass is 746 g/mol. The first-order valence-electron chi connectivity index (χ1n) is 20.4. The summed E-state index contributed by atoms with van der Waals surface area (Å²) >= 11 is 0. The smallest absolute Gasteiger partial charge is 0.0547 e. The molecule has 9 aromatic carbocycles. The quantitative estimate of drug-likeness (QED) is 0.150. The third-order valence-corrected chi connectivity index (χ3v) is 12.4. The van der Waals surface area contributed by atoms with E-state index in [1.54, 1.807) is 0 Å². The maximum absolute atomic E-state index is 2.52. The van der Waals surface area contributed by atoms with Gasteiger partial charge in [-0.25, -0.2) is 0 Å². The number of fused-ring (bicyclic) bond motifs is 6. The van der Waals surface area contributed by atoms with E-state index in [2.05, 4.69) is 232 Å². The molecule has 58 heavy (non-hydrogen) atoms. The van der Waals surface area contributed by atoms with Crippen molar-refractivity contribution in [2.24, 2.45) is 0 Å². The highest BCUT2D eigenvalue weighted by Crippen LogP contribution is 2.54. The molecule has 0 saturated carbocycles. The number of benzene rings is 9. The molecule has 0 bridgehead atoms. The molecule has 0 amide bonds. The van der Waals surface area contributed by atoms with E-state index in [-0.39, 0.29) is 5.41 Å². The molecule has 0 atom stereocenters. The van der Waals surface area contributed by atoms with Crippen molar-refractivity contribution < 1.29 is 0 Å². The highest BCUT2D eigenvalue weighted by atomic mass is 15.2. The molecule has 280 valence electrons. The molecule has 9 aromatic rings. The zero-order chi connectivity index (χ0) is 39.5. The van der Waals surface area contributed by atoms with Crippen LogP contribution >= 0.6 is 0 Å². The van der Waals surface area contributed by atoms with E-state index in [9.17, 15) is 0 Å². The van der Waals surface area contributed by atoms with Gasteiger partial charge in [-0.1, -0.05) is 158 Å². The standard InChI is InChI=1S/C56H46N2/c1-37-19-26-43(27-20-37)57(44-28-21-38(2)22-29-44)52-35-36-53(54-46-16-10-9-15-42(46)25-32-49(52)54)58(45-30-23-41(24-31-45)40-13-7-6-8-14-40)51-34-33-48-47-17-11-12-18-50(47)56(4,5)55(48)39(51)3/h6-36H,1-5H3. The molecule has 0 N–H and O–H groups in total. The van der Waals surface area contributed by atoms with Crippen molar-refractivity contribution in [3.8, 4) is 22.3 Å². The van der Waals surface area contributed by atoms with Gasteiger partial charge in [-0.2, -0.15) is 0 Å². The topological polar surface area (TPSA) is 6.48 Å². The first-order valence-corrected chi connectivity index (χ1v) is 20.4. The van der Waals surface area contributed by atoms with E-state index in [1.807, 2.05) is 0 Å². The lowest BCUT2D eigenvalue weighted by Gasteiger charge is -2.33. The summed E-state index contributed by atoms with van der Waals surface area (Å²) in [4.78, 5) is 4.93. The van der Waals surface area contributed by atoms with Gasteiger partial charge in [-0.15, -0.1) is 0 Å². The molecule has 0 aliphatic heterocycles. The van der Waals surface area contributed by atoms with Gasteiger partial charge in [0.1, 0.15) is 0 Å². The van der Waals surface area contributed by atoms with Gasteiger partial charge in [-0.3, -0.25) is 0 Å². The SMILES string of the molecule is Cc1ccc(N(c2ccc(C)cc2)c2ccc(N(c3ccc(-c4ccccc4)cc3)c3ccc4c(c3C)C(C)(C)c3ccccc3-4)c3c2ccc2ccccc23)cc1. The highest BCUT2D eigenvalue weighted by Gasteiger charge is 2.38. The summed E-state index contributed by atoms with van der Waals surface area (Å²) in [6.07, 6.45) is 0.